The van der Waals surface area contributed by atoms with Crippen molar-refractivity contribution < 1.29 is 9.00 Å². The zero-order chi connectivity index (χ0) is 14.1. The first-order chi connectivity index (χ1) is 9.69. The summed E-state index contributed by atoms with van der Waals surface area (Å²) in [6, 6.07) is 5.19. The molecule has 1 aromatic rings. The van der Waals surface area contributed by atoms with Gasteiger partial charge in [0.1, 0.15) is 5.69 Å². The summed E-state index contributed by atoms with van der Waals surface area (Å²) in [5.74, 6) is -0.0693. The summed E-state index contributed by atoms with van der Waals surface area (Å²) < 4.78 is 12.2. The number of ketones is 1. The molecular weight excluding hydrogens is 272 g/mol. The van der Waals surface area contributed by atoms with E-state index < -0.39 is 10.8 Å². The largest absolute Gasteiger partial charge is 0.292 e. The number of Topliss-reactive ketones (excluding diaryl/α,β-unsaturated/α-hetero) is 1. The minimum absolute atomic E-state index is 0.00991. The fraction of sp³-hybridized carbons (Fsp3) is 0.533. The maximum absolute atomic E-state index is 12.5. The van der Waals surface area contributed by atoms with E-state index in [2.05, 4.69) is 4.98 Å². The Morgan fingerprint density at radius 2 is 2.05 bits per heavy atom. The number of nitrogens with zero attached hydrogens (tertiary/aromatic N) is 2. The summed E-state index contributed by atoms with van der Waals surface area (Å²) in [4.78, 5) is 16.6. The lowest BCUT2D eigenvalue weighted by Crippen LogP contribution is -2.41. The number of nitriles is 1. The van der Waals surface area contributed by atoms with Gasteiger partial charge in [-0.1, -0.05) is 6.42 Å². The van der Waals surface area contributed by atoms with E-state index in [4.69, 9.17) is 5.26 Å². The molecular formula is C15H16N2O2S. The minimum Gasteiger partial charge on any atom is -0.292 e. The third kappa shape index (κ3) is 2.40. The Hall–Kier alpha value is -1.54. The maximum atomic E-state index is 12.5. The van der Waals surface area contributed by atoms with Gasteiger partial charge in [-0.3, -0.25) is 14.0 Å². The van der Waals surface area contributed by atoms with Crippen LogP contribution in [0.25, 0.3) is 0 Å². The second-order valence-corrected chi connectivity index (χ2v) is 7.57. The SMILES string of the molecule is N#Cc1ccnc(C(=O)C2CC3CCCC(C2)S3=O)c1. The van der Waals surface area contributed by atoms with Crippen molar-refractivity contribution in [2.45, 2.75) is 42.6 Å². The monoisotopic (exact) mass is 288 g/mol. The molecule has 0 amide bonds. The molecule has 3 rings (SSSR count). The van der Waals surface area contributed by atoms with E-state index in [1.807, 2.05) is 6.07 Å². The zero-order valence-electron chi connectivity index (χ0n) is 11.1. The van der Waals surface area contributed by atoms with Crippen LogP contribution >= 0.6 is 0 Å². The van der Waals surface area contributed by atoms with E-state index in [1.165, 1.54) is 6.20 Å². The average Bonchev–Trinajstić information content (AvgIpc) is 2.46. The highest BCUT2D eigenvalue weighted by molar-refractivity contribution is 7.86. The van der Waals surface area contributed by atoms with Crippen molar-refractivity contribution in [1.29, 1.82) is 5.26 Å². The number of carbonyl (C=O) groups excluding carboxylic acids is 1. The first kappa shape index (κ1) is 13.4. The smallest absolute Gasteiger partial charge is 0.184 e. The summed E-state index contributed by atoms with van der Waals surface area (Å²) in [6.45, 7) is 0. The summed E-state index contributed by atoms with van der Waals surface area (Å²) in [5, 5.41) is 9.24. The minimum atomic E-state index is -0.761. The van der Waals surface area contributed by atoms with Crippen LogP contribution in [0.2, 0.25) is 0 Å². The lowest BCUT2D eigenvalue weighted by Gasteiger charge is -2.37. The van der Waals surface area contributed by atoms with E-state index >= 15 is 0 Å². The van der Waals surface area contributed by atoms with Crippen LogP contribution in [0.1, 0.15) is 48.2 Å². The summed E-state index contributed by atoms with van der Waals surface area (Å²) in [6.07, 6.45) is 6.00. The second kappa shape index (κ2) is 5.45. The Bertz CT molecular complexity index is 592. The number of pyridine rings is 1. The van der Waals surface area contributed by atoms with Crippen LogP contribution in [0.3, 0.4) is 0 Å². The summed E-state index contributed by atoms with van der Waals surface area (Å²) >= 11 is 0. The number of rotatable bonds is 2. The molecule has 2 aliphatic rings. The molecule has 5 heteroatoms. The van der Waals surface area contributed by atoms with Crippen LogP contribution in [0.4, 0.5) is 0 Å². The topological polar surface area (TPSA) is 70.8 Å². The Balaban J connectivity index is 1.81. The normalized spacial score (nSPS) is 32.4. The molecule has 2 unspecified atom stereocenters. The van der Waals surface area contributed by atoms with E-state index in [1.54, 1.807) is 12.1 Å². The van der Waals surface area contributed by atoms with Crippen molar-refractivity contribution in [2.24, 2.45) is 5.92 Å². The van der Waals surface area contributed by atoms with Gasteiger partial charge in [0.25, 0.3) is 0 Å². The van der Waals surface area contributed by atoms with Gasteiger partial charge in [0.2, 0.25) is 0 Å². The predicted molar refractivity (Wildman–Crippen MR) is 75.6 cm³/mol. The van der Waals surface area contributed by atoms with Gasteiger partial charge in [-0.25, -0.2) is 0 Å². The molecule has 0 radical (unpaired) electrons. The molecule has 20 heavy (non-hydrogen) atoms. The molecule has 104 valence electrons. The van der Waals surface area contributed by atoms with Crippen LogP contribution < -0.4 is 0 Å². The molecule has 2 saturated heterocycles. The van der Waals surface area contributed by atoms with Gasteiger partial charge in [-0.05, 0) is 37.8 Å². The van der Waals surface area contributed by atoms with Crippen molar-refractivity contribution >= 4 is 16.6 Å². The Morgan fingerprint density at radius 1 is 1.35 bits per heavy atom. The van der Waals surface area contributed by atoms with Gasteiger partial charge in [0.15, 0.2) is 5.78 Å². The quantitative estimate of drug-likeness (QED) is 0.782. The number of aromatic nitrogens is 1. The van der Waals surface area contributed by atoms with Gasteiger partial charge in [-0.2, -0.15) is 5.26 Å². The molecule has 0 aromatic carbocycles. The number of hydrogen-bond acceptors (Lipinski definition) is 4. The molecule has 2 fully saturated rings. The highest BCUT2D eigenvalue weighted by Gasteiger charge is 2.40. The highest BCUT2D eigenvalue weighted by atomic mass is 32.2. The predicted octanol–water partition coefficient (Wildman–Crippen LogP) is 2.22. The highest BCUT2D eigenvalue weighted by Crippen LogP contribution is 2.38. The summed E-state index contributed by atoms with van der Waals surface area (Å²) in [5.41, 5.74) is 0.836. The molecule has 4 nitrogen and oxygen atoms in total. The van der Waals surface area contributed by atoms with Gasteiger partial charge >= 0.3 is 0 Å². The zero-order valence-corrected chi connectivity index (χ0v) is 11.9. The van der Waals surface area contributed by atoms with Crippen LogP contribution in [0.5, 0.6) is 0 Å². The first-order valence-corrected chi connectivity index (χ1v) is 8.26. The van der Waals surface area contributed by atoms with Crippen molar-refractivity contribution in [3.8, 4) is 6.07 Å². The second-order valence-electron chi connectivity index (χ2n) is 5.58. The van der Waals surface area contributed by atoms with Gasteiger partial charge < -0.3 is 0 Å². The Labute approximate surface area is 120 Å². The summed E-state index contributed by atoms with van der Waals surface area (Å²) in [7, 11) is -0.761. The van der Waals surface area contributed by atoms with Crippen LogP contribution in [0, 0.1) is 17.2 Å². The molecule has 1 aromatic heterocycles. The van der Waals surface area contributed by atoms with Gasteiger partial charge in [-0.15, -0.1) is 0 Å². The Morgan fingerprint density at radius 3 is 2.70 bits per heavy atom. The maximum Gasteiger partial charge on any atom is 0.184 e. The molecule has 0 spiro atoms. The van der Waals surface area contributed by atoms with Crippen molar-refractivity contribution in [2.75, 3.05) is 0 Å². The van der Waals surface area contributed by atoms with E-state index in [0.717, 1.165) is 19.3 Å². The van der Waals surface area contributed by atoms with Crippen LogP contribution in [0.15, 0.2) is 18.3 Å². The molecule has 2 aliphatic heterocycles. The van der Waals surface area contributed by atoms with Crippen LogP contribution in [-0.4, -0.2) is 25.5 Å². The average molecular weight is 288 g/mol. The third-order valence-corrected chi connectivity index (χ3v) is 6.49. The third-order valence-electron chi connectivity index (χ3n) is 4.32. The van der Waals surface area contributed by atoms with E-state index in [0.29, 0.717) is 24.1 Å². The van der Waals surface area contributed by atoms with Gasteiger partial charge in [0, 0.05) is 33.4 Å². The van der Waals surface area contributed by atoms with Gasteiger partial charge in [0.05, 0.1) is 11.6 Å². The Kier molecular flexibility index (Phi) is 3.66. The van der Waals surface area contributed by atoms with Crippen LogP contribution in [-0.2, 0) is 10.8 Å². The number of hydrogen-bond donors (Lipinski definition) is 0. The van der Waals surface area contributed by atoms with E-state index in [9.17, 15) is 9.00 Å². The lowest BCUT2D eigenvalue weighted by atomic mass is 9.85. The van der Waals surface area contributed by atoms with Crippen molar-refractivity contribution in [3.05, 3.63) is 29.6 Å². The standard InChI is InChI=1S/C15H16N2O2S/c16-9-10-4-5-17-14(6-10)15(18)11-7-12-2-1-3-13(8-11)20(12)19/h4-6,11-13H,1-3,7-8H2. The molecule has 0 saturated carbocycles. The fourth-order valence-electron chi connectivity index (χ4n) is 3.29. The van der Waals surface area contributed by atoms with Crippen molar-refractivity contribution in [3.63, 3.8) is 0 Å². The van der Waals surface area contributed by atoms with Crippen molar-refractivity contribution in [1.82, 2.24) is 4.98 Å². The molecule has 3 heterocycles. The first-order valence-electron chi connectivity index (χ1n) is 6.99. The van der Waals surface area contributed by atoms with E-state index in [-0.39, 0.29) is 22.2 Å². The number of carbonyl (C=O) groups is 1. The number of fused-ring (bicyclic) bond motifs is 2. The molecule has 2 atom stereocenters. The fourth-order valence-corrected chi connectivity index (χ4v) is 5.48. The molecule has 0 aliphatic carbocycles. The lowest BCUT2D eigenvalue weighted by molar-refractivity contribution is 0.0890. The molecule has 2 bridgehead atoms. The molecule has 0 N–H and O–H groups in total.